The highest BCUT2D eigenvalue weighted by Crippen LogP contribution is 2.29. The molecule has 0 N–H and O–H groups in total. The van der Waals surface area contributed by atoms with E-state index in [1.807, 2.05) is 0 Å². The van der Waals surface area contributed by atoms with Crippen molar-refractivity contribution < 1.29 is 9.66 Å². The molecule has 0 atom stereocenters. The number of hydrogen-bond acceptors (Lipinski definition) is 5. The van der Waals surface area contributed by atoms with Gasteiger partial charge in [0.15, 0.2) is 5.15 Å². The maximum Gasteiger partial charge on any atom is 0.273 e. The van der Waals surface area contributed by atoms with Crippen molar-refractivity contribution in [3.63, 3.8) is 0 Å². The monoisotopic (exact) mass is 343 g/mol. The molecule has 1 heterocycles. The van der Waals surface area contributed by atoms with Crippen LogP contribution >= 0.6 is 27.5 Å². The molecule has 0 amide bonds. The average molecular weight is 345 g/mol. The smallest absolute Gasteiger partial charge is 0.273 e. The number of rotatable bonds is 4. The van der Waals surface area contributed by atoms with Crippen molar-refractivity contribution in [1.82, 2.24) is 10.2 Å². The minimum absolute atomic E-state index is 0.0413. The fraction of sp³-hybridized carbons (Fsp3) is 0.0909. The summed E-state index contributed by atoms with van der Waals surface area (Å²) in [5, 5.41) is 18.5. The van der Waals surface area contributed by atoms with Crippen molar-refractivity contribution in [3.8, 4) is 5.75 Å². The lowest BCUT2D eigenvalue weighted by Crippen LogP contribution is -2.00. The number of non-ortho nitro benzene ring substituents is 1. The molecule has 0 spiro atoms. The summed E-state index contributed by atoms with van der Waals surface area (Å²) in [4.78, 5) is 10.2. The predicted molar refractivity (Wildman–Crippen MR) is 72.2 cm³/mol. The maximum absolute atomic E-state index is 10.7. The van der Waals surface area contributed by atoms with Crippen molar-refractivity contribution >= 4 is 33.2 Å². The van der Waals surface area contributed by atoms with Crippen LogP contribution in [-0.2, 0) is 6.61 Å². The van der Waals surface area contributed by atoms with Crippen molar-refractivity contribution in [3.05, 3.63) is 55.8 Å². The highest BCUT2D eigenvalue weighted by atomic mass is 79.9. The van der Waals surface area contributed by atoms with Crippen LogP contribution in [0.2, 0.25) is 5.15 Å². The van der Waals surface area contributed by atoms with Crippen LogP contribution in [0.4, 0.5) is 5.69 Å². The van der Waals surface area contributed by atoms with Crippen LogP contribution in [0.5, 0.6) is 5.75 Å². The predicted octanol–water partition coefficient (Wildman–Crippen LogP) is 3.38. The van der Waals surface area contributed by atoms with Gasteiger partial charge in [-0.1, -0.05) is 11.6 Å². The van der Waals surface area contributed by atoms with Crippen LogP contribution < -0.4 is 4.74 Å². The Morgan fingerprint density at radius 3 is 2.74 bits per heavy atom. The van der Waals surface area contributed by atoms with Crippen molar-refractivity contribution in [2.75, 3.05) is 0 Å². The third-order valence-electron chi connectivity index (χ3n) is 2.19. The van der Waals surface area contributed by atoms with Gasteiger partial charge in [-0.2, -0.15) is 5.10 Å². The molecule has 1 aromatic heterocycles. The lowest BCUT2D eigenvalue weighted by Gasteiger charge is -2.07. The second kappa shape index (κ2) is 5.94. The van der Waals surface area contributed by atoms with Gasteiger partial charge in [0.25, 0.3) is 5.69 Å². The topological polar surface area (TPSA) is 78.2 Å². The second-order valence-corrected chi connectivity index (χ2v) is 4.75. The molecule has 19 heavy (non-hydrogen) atoms. The molecule has 2 rings (SSSR count). The molecule has 0 radical (unpaired) electrons. The number of ether oxygens (including phenoxy) is 1. The van der Waals surface area contributed by atoms with Crippen molar-refractivity contribution in [2.45, 2.75) is 6.61 Å². The second-order valence-electron chi connectivity index (χ2n) is 3.51. The summed E-state index contributed by atoms with van der Waals surface area (Å²) in [5.74, 6) is 0.367. The highest BCUT2D eigenvalue weighted by molar-refractivity contribution is 9.10. The molecule has 0 fully saturated rings. The molecule has 0 aliphatic heterocycles. The SMILES string of the molecule is O=[N+]([O-])c1ccc(Br)c(OCc2ccc(Cl)nn2)c1. The number of nitro benzene ring substituents is 1. The van der Waals surface area contributed by atoms with Gasteiger partial charge >= 0.3 is 0 Å². The van der Waals surface area contributed by atoms with E-state index in [-0.39, 0.29) is 12.3 Å². The van der Waals surface area contributed by atoms with E-state index in [2.05, 4.69) is 26.1 Å². The molecule has 0 saturated heterocycles. The summed E-state index contributed by atoms with van der Waals surface area (Å²) in [6.07, 6.45) is 0. The summed E-state index contributed by atoms with van der Waals surface area (Å²) in [6, 6.07) is 7.55. The fourth-order valence-corrected chi connectivity index (χ4v) is 1.75. The van der Waals surface area contributed by atoms with Gasteiger partial charge < -0.3 is 4.74 Å². The van der Waals surface area contributed by atoms with Crippen LogP contribution in [-0.4, -0.2) is 15.1 Å². The Balaban J connectivity index is 2.12. The van der Waals surface area contributed by atoms with E-state index >= 15 is 0 Å². The maximum atomic E-state index is 10.7. The van der Waals surface area contributed by atoms with Crippen LogP contribution in [0.15, 0.2) is 34.8 Å². The number of halogens is 2. The number of hydrogen-bond donors (Lipinski definition) is 0. The molecule has 0 saturated carbocycles. The number of benzene rings is 1. The Morgan fingerprint density at radius 1 is 1.32 bits per heavy atom. The molecule has 8 heteroatoms. The molecule has 2 aromatic rings. The van der Waals surface area contributed by atoms with E-state index < -0.39 is 4.92 Å². The van der Waals surface area contributed by atoms with E-state index in [4.69, 9.17) is 16.3 Å². The molecule has 98 valence electrons. The molecule has 0 aliphatic rings. The molecular formula is C11H7BrClN3O3. The van der Waals surface area contributed by atoms with Gasteiger partial charge in [-0.05, 0) is 34.1 Å². The van der Waals surface area contributed by atoms with Crippen LogP contribution in [0.1, 0.15) is 5.69 Å². The summed E-state index contributed by atoms with van der Waals surface area (Å²) < 4.78 is 6.08. The van der Waals surface area contributed by atoms with E-state index in [0.717, 1.165) is 0 Å². The van der Waals surface area contributed by atoms with Crippen molar-refractivity contribution in [2.24, 2.45) is 0 Å². The zero-order chi connectivity index (χ0) is 13.8. The van der Waals surface area contributed by atoms with Crippen LogP contribution in [0.25, 0.3) is 0 Å². The normalized spacial score (nSPS) is 10.2. The van der Waals surface area contributed by atoms with Gasteiger partial charge in [0.2, 0.25) is 0 Å². The van der Waals surface area contributed by atoms with E-state index in [0.29, 0.717) is 21.1 Å². The molecule has 6 nitrogen and oxygen atoms in total. The van der Waals surface area contributed by atoms with E-state index in [9.17, 15) is 10.1 Å². The number of nitrogens with zero attached hydrogens (tertiary/aromatic N) is 3. The van der Waals surface area contributed by atoms with Crippen molar-refractivity contribution in [1.29, 1.82) is 0 Å². The Morgan fingerprint density at radius 2 is 2.11 bits per heavy atom. The largest absolute Gasteiger partial charge is 0.486 e. The lowest BCUT2D eigenvalue weighted by molar-refractivity contribution is -0.385. The zero-order valence-electron chi connectivity index (χ0n) is 9.42. The summed E-state index contributed by atoms with van der Waals surface area (Å²) in [5.41, 5.74) is 0.531. The third-order valence-corrected chi connectivity index (χ3v) is 3.05. The first-order valence-corrected chi connectivity index (χ1v) is 6.28. The van der Waals surface area contributed by atoms with Gasteiger partial charge in [-0.15, -0.1) is 5.10 Å². The molecule has 0 unspecified atom stereocenters. The molecule has 0 bridgehead atoms. The van der Waals surface area contributed by atoms with Gasteiger partial charge in [0.05, 0.1) is 15.5 Å². The highest BCUT2D eigenvalue weighted by Gasteiger charge is 2.10. The minimum atomic E-state index is -0.485. The average Bonchev–Trinajstić information content (AvgIpc) is 2.39. The Labute approximate surface area is 121 Å². The lowest BCUT2D eigenvalue weighted by atomic mass is 10.3. The number of aromatic nitrogens is 2. The summed E-state index contributed by atoms with van der Waals surface area (Å²) >= 11 is 8.87. The summed E-state index contributed by atoms with van der Waals surface area (Å²) in [6.45, 7) is 0.143. The van der Waals surface area contributed by atoms with Crippen LogP contribution in [0.3, 0.4) is 0 Å². The first-order valence-electron chi connectivity index (χ1n) is 5.11. The molecular weight excluding hydrogens is 337 g/mol. The van der Waals surface area contributed by atoms with Gasteiger partial charge in [0.1, 0.15) is 18.1 Å². The Kier molecular flexibility index (Phi) is 4.28. The Hall–Kier alpha value is -1.73. The fourth-order valence-electron chi connectivity index (χ4n) is 1.29. The third kappa shape index (κ3) is 3.62. The number of nitro groups is 1. The Bertz CT molecular complexity index is 607. The minimum Gasteiger partial charge on any atom is -0.486 e. The van der Waals surface area contributed by atoms with E-state index in [1.54, 1.807) is 18.2 Å². The first kappa shape index (κ1) is 13.7. The standard InChI is InChI=1S/C11H7BrClN3O3/c12-9-3-2-8(16(17)18)5-10(9)19-6-7-1-4-11(13)15-14-7/h1-5H,6H2. The quantitative estimate of drug-likeness (QED) is 0.627. The van der Waals surface area contributed by atoms with Gasteiger partial charge in [-0.3, -0.25) is 10.1 Å². The van der Waals surface area contributed by atoms with Gasteiger partial charge in [-0.25, -0.2) is 0 Å². The molecule has 0 aliphatic carbocycles. The van der Waals surface area contributed by atoms with E-state index in [1.165, 1.54) is 12.1 Å². The van der Waals surface area contributed by atoms with Crippen LogP contribution in [0, 0.1) is 10.1 Å². The van der Waals surface area contributed by atoms with Gasteiger partial charge in [0, 0.05) is 6.07 Å². The molecule has 1 aromatic carbocycles. The zero-order valence-corrected chi connectivity index (χ0v) is 11.8. The summed E-state index contributed by atoms with van der Waals surface area (Å²) in [7, 11) is 0. The first-order chi connectivity index (χ1) is 9.06.